The molecule has 0 radical (unpaired) electrons. The summed E-state index contributed by atoms with van der Waals surface area (Å²) in [6, 6.07) is 3.29. The van der Waals surface area contributed by atoms with Crippen molar-refractivity contribution >= 4 is 49.6 Å². The second-order valence-electron chi connectivity index (χ2n) is 7.18. The second-order valence-corrected chi connectivity index (χ2v) is 11.4. The zero-order valence-corrected chi connectivity index (χ0v) is 18.4. The van der Waals surface area contributed by atoms with Crippen LogP contribution in [-0.4, -0.2) is 44.8 Å². The Morgan fingerprint density at radius 2 is 2.10 bits per heavy atom. The van der Waals surface area contributed by atoms with E-state index in [0.29, 0.717) is 34.2 Å². The van der Waals surface area contributed by atoms with Crippen LogP contribution in [-0.2, 0) is 32.4 Å². The number of amides is 1. The number of ether oxygens (including phenoxy) is 1. The Hall–Kier alpha value is -1.75. The van der Waals surface area contributed by atoms with Gasteiger partial charge in [-0.3, -0.25) is 4.79 Å². The Kier molecular flexibility index (Phi) is 5.78. The number of anilines is 1. The molecule has 4 rings (SSSR count). The van der Waals surface area contributed by atoms with Crippen LogP contribution in [0.2, 0.25) is 0 Å². The molecular formula is C19H22N2O5S3. The molecule has 0 spiro atoms. The first-order valence-electron chi connectivity index (χ1n) is 9.49. The fourth-order valence-corrected chi connectivity index (χ4v) is 7.89. The van der Waals surface area contributed by atoms with Gasteiger partial charge in [-0.05, 0) is 49.1 Å². The fourth-order valence-electron chi connectivity index (χ4n) is 3.94. The van der Waals surface area contributed by atoms with Crippen molar-refractivity contribution < 1.29 is 22.7 Å². The van der Waals surface area contributed by atoms with Crippen LogP contribution in [0.5, 0.6) is 0 Å². The fraction of sp³-hybridized carbons (Fsp3) is 0.474. The average molecular weight is 455 g/mol. The SMILES string of the molecule is COC(=O)c1c(NC(=O)C2CCCN(S(=O)(=O)c3cccs3)C2)sc2c1CCC2. The minimum atomic E-state index is -3.58. The maximum Gasteiger partial charge on any atom is 0.341 e. The first-order chi connectivity index (χ1) is 13.9. The maximum atomic E-state index is 12.9. The summed E-state index contributed by atoms with van der Waals surface area (Å²) in [4.78, 5) is 26.3. The van der Waals surface area contributed by atoms with E-state index in [1.807, 2.05) is 0 Å². The summed E-state index contributed by atoms with van der Waals surface area (Å²) in [6.45, 7) is 0.551. The van der Waals surface area contributed by atoms with Crippen LogP contribution in [0, 0.1) is 5.92 Å². The van der Waals surface area contributed by atoms with E-state index in [1.165, 1.54) is 34.1 Å². The van der Waals surface area contributed by atoms with Crippen LogP contribution in [0.25, 0.3) is 0 Å². The third-order valence-corrected chi connectivity index (χ3v) is 9.84. The van der Waals surface area contributed by atoms with E-state index in [1.54, 1.807) is 17.5 Å². The van der Waals surface area contributed by atoms with Gasteiger partial charge in [-0.2, -0.15) is 4.31 Å². The molecule has 1 aliphatic carbocycles. The Morgan fingerprint density at radius 1 is 1.28 bits per heavy atom. The van der Waals surface area contributed by atoms with Crippen LogP contribution in [0.15, 0.2) is 21.7 Å². The Labute approximate surface area is 177 Å². The highest BCUT2D eigenvalue weighted by Gasteiger charge is 2.35. The monoisotopic (exact) mass is 454 g/mol. The first-order valence-corrected chi connectivity index (χ1v) is 12.6. The van der Waals surface area contributed by atoms with Gasteiger partial charge in [0.05, 0.1) is 18.6 Å². The molecule has 1 unspecified atom stereocenters. The van der Waals surface area contributed by atoms with Gasteiger partial charge in [0, 0.05) is 18.0 Å². The number of fused-ring (bicyclic) bond motifs is 1. The normalized spacial score (nSPS) is 19.7. The molecule has 1 aliphatic heterocycles. The van der Waals surface area contributed by atoms with Crippen LogP contribution in [0.4, 0.5) is 5.00 Å². The van der Waals surface area contributed by atoms with Crippen molar-refractivity contribution in [1.29, 1.82) is 0 Å². The van der Waals surface area contributed by atoms with Crippen LogP contribution < -0.4 is 5.32 Å². The van der Waals surface area contributed by atoms with Gasteiger partial charge in [0.15, 0.2) is 0 Å². The lowest BCUT2D eigenvalue weighted by Gasteiger charge is -2.30. The number of aryl methyl sites for hydroxylation is 1. The third-order valence-electron chi connectivity index (χ3n) is 5.39. The number of esters is 1. The summed E-state index contributed by atoms with van der Waals surface area (Å²) in [6.07, 6.45) is 3.94. The molecule has 1 N–H and O–H groups in total. The number of nitrogens with one attached hydrogen (secondary N) is 1. The van der Waals surface area contributed by atoms with Gasteiger partial charge in [0.1, 0.15) is 9.21 Å². The highest BCUT2D eigenvalue weighted by Crippen LogP contribution is 2.40. The number of piperidine rings is 1. The predicted octanol–water partition coefficient (Wildman–Crippen LogP) is 3.12. The molecule has 1 fully saturated rings. The summed E-state index contributed by atoms with van der Waals surface area (Å²) in [5.41, 5.74) is 1.43. The number of sulfonamides is 1. The van der Waals surface area contributed by atoms with Crippen LogP contribution >= 0.6 is 22.7 Å². The van der Waals surface area contributed by atoms with Crippen molar-refractivity contribution in [2.75, 3.05) is 25.5 Å². The minimum Gasteiger partial charge on any atom is -0.465 e. The van der Waals surface area contributed by atoms with Gasteiger partial charge in [-0.15, -0.1) is 22.7 Å². The molecular weight excluding hydrogens is 432 g/mol. The van der Waals surface area contributed by atoms with E-state index in [2.05, 4.69) is 5.32 Å². The van der Waals surface area contributed by atoms with Gasteiger partial charge >= 0.3 is 5.97 Å². The third kappa shape index (κ3) is 3.86. The molecule has 0 bridgehead atoms. The van der Waals surface area contributed by atoms with E-state index in [9.17, 15) is 18.0 Å². The van der Waals surface area contributed by atoms with Crippen molar-refractivity contribution in [3.05, 3.63) is 33.5 Å². The van der Waals surface area contributed by atoms with Crippen LogP contribution in [0.3, 0.4) is 0 Å². The minimum absolute atomic E-state index is 0.144. The molecule has 7 nitrogen and oxygen atoms in total. The molecule has 29 heavy (non-hydrogen) atoms. The largest absolute Gasteiger partial charge is 0.465 e. The topological polar surface area (TPSA) is 92.8 Å². The van der Waals surface area contributed by atoms with Crippen LogP contribution in [0.1, 0.15) is 40.1 Å². The molecule has 1 atom stereocenters. The number of methoxy groups -OCH3 is 1. The number of nitrogens with zero attached hydrogens (tertiary/aromatic N) is 1. The quantitative estimate of drug-likeness (QED) is 0.701. The summed E-state index contributed by atoms with van der Waals surface area (Å²) in [5.74, 6) is -1.15. The lowest BCUT2D eigenvalue weighted by atomic mass is 9.99. The Bertz CT molecular complexity index is 1030. The van der Waals surface area contributed by atoms with Gasteiger partial charge in [-0.25, -0.2) is 13.2 Å². The number of hydrogen-bond donors (Lipinski definition) is 1. The molecule has 3 heterocycles. The van der Waals surface area contributed by atoms with Crippen molar-refractivity contribution in [2.45, 2.75) is 36.3 Å². The van der Waals surface area contributed by atoms with Crippen molar-refractivity contribution in [3.8, 4) is 0 Å². The molecule has 156 valence electrons. The summed E-state index contributed by atoms with van der Waals surface area (Å²) in [5, 5.41) is 5.14. The molecule has 1 saturated heterocycles. The van der Waals surface area contributed by atoms with Gasteiger partial charge < -0.3 is 10.1 Å². The number of thiophene rings is 2. The van der Waals surface area contributed by atoms with Crippen molar-refractivity contribution in [1.82, 2.24) is 4.31 Å². The van der Waals surface area contributed by atoms with Gasteiger partial charge in [-0.1, -0.05) is 6.07 Å². The van der Waals surface area contributed by atoms with Gasteiger partial charge in [0.25, 0.3) is 10.0 Å². The summed E-state index contributed by atoms with van der Waals surface area (Å²) >= 11 is 2.60. The lowest BCUT2D eigenvalue weighted by molar-refractivity contribution is -0.120. The number of carbonyl (C=O) groups excluding carboxylic acids is 2. The Morgan fingerprint density at radius 3 is 2.83 bits per heavy atom. The van der Waals surface area contributed by atoms with E-state index < -0.39 is 21.9 Å². The van der Waals surface area contributed by atoms with Crippen molar-refractivity contribution in [2.24, 2.45) is 5.92 Å². The standard InChI is InChI=1S/C19H22N2O5S3/c1-26-19(23)16-13-6-2-7-14(13)28-18(16)20-17(22)12-5-3-9-21(11-12)29(24,25)15-8-4-10-27-15/h4,8,10,12H,2-3,5-7,9,11H2,1H3,(H,20,22). The Balaban J connectivity index is 1.52. The van der Waals surface area contributed by atoms with E-state index in [-0.39, 0.29) is 12.5 Å². The van der Waals surface area contributed by atoms with E-state index in [4.69, 9.17) is 4.74 Å². The van der Waals surface area contributed by atoms with Crippen molar-refractivity contribution in [3.63, 3.8) is 0 Å². The number of hydrogen-bond acceptors (Lipinski definition) is 7. The first kappa shape index (κ1) is 20.5. The molecule has 1 amide bonds. The van der Waals surface area contributed by atoms with E-state index in [0.717, 1.165) is 29.7 Å². The molecule has 2 aromatic heterocycles. The highest BCUT2D eigenvalue weighted by atomic mass is 32.2. The zero-order valence-electron chi connectivity index (χ0n) is 16.0. The smallest absolute Gasteiger partial charge is 0.341 e. The molecule has 0 saturated carbocycles. The molecule has 0 aromatic carbocycles. The highest BCUT2D eigenvalue weighted by molar-refractivity contribution is 7.91. The number of rotatable bonds is 5. The second kappa shape index (κ2) is 8.17. The van der Waals surface area contributed by atoms with E-state index >= 15 is 0 Å². The molecule has 2 aliphatic rings. The molecule has 2 aromatic rings. The van der Waals surface area contributed by atoms with Gasteiger partial charge in [0.2, 0.25) is 5.91 Å². The summed E-state index contributed by atoms with van der Waals surface area (Å²) in [7, 11) is -2.25. The zero-order chi connectivity index (χ0) is 20.6. The lowest BCUT2D eigenvalue weighted by Crippen LogP contribution is -2.43. The average Bonchev–Trinajstić information content (AvgIpc) is 3.45. The maximum absolute atomic E-state index is 12.9. The number of carbonyl (C=O) groups is 2. The molecule has 10 heteroatoms. The predicted molar refractivity (Wildman–Crippen MR) is 112 cm³/mol. The summed E-state index contributed by atoms with van der Waals surface area (Å²) < 4.78 is 32.2.